The van der Waals surface area contributed by atoms with E-state index in [1.165, 1.54) is 7.11 Å². The number of alkyl halides is 1. The number of hydrogen-bond acceptors (Lipinski definition) is 2. The number of rotatable bonds is 1. The van der Waals surface area contributed by atoms with E-state index >= 15 is 0 Å². The van der Waals surface area contributed by atoms with Crippen molar-refractivity contribution in [1.29, 1.82) is 5.26 Å². The van der Waals surface area contributed by atoms with Gasteiger partial charge >= 0.3 is 0 Å². The van der Waals surface area contributed by atoms with Crippen molar-refractivity contribution in [3.8, 4) is 23.7 Å². The topological polar surface area (TPSA) is 33.0 Å². The lowest BCUT2D eigenvalue weighted by Crippen LogP contribution is -1.91. The molecule has 0 radical (unpaired) electrons. The Bertz CT molecular complexity index is 423. The molecule has 0 atom stereocenters. The standard InChI is InChI=1S/C11H8ClNO/c1-14-11-6-2-4-9(5-3-7-12)10(11)8-13/h2,4,6H,7H2,1H3. The predicted octanol–water partition coefficient (Wildman–Crippen LogP) is 2.16. The van der Waals surface area contributed by atoms with E-state index in [1.807, 2.05) is 0 Å². The van der Waals surface area contributed by atoms with Crippen LogP contribution < -0.4 is 4.74 Å². The highest BCUT2D eigenvalue weighted by molar-refractivity contribution is 6.19. The van der Waals surface area contributed by atoms with Gasteiger partial charge in [-0.3, -0.25) is 0 Å². The minimum Gasteiger partial charge on any atom is -0.495 e. The van der Waals surface area contributed by atoms with Crippen LogP contribution in [-0.4, -0.2) is 13.0 Å². The van der Waals surface area contributed by atoms with Gasteiger partial charge in [0.2, 0.25) is 0 Å². The zero-order chi connectivity index (χ0) is 10.4. The molecule has 1 aromatic rings. The highest BCUT2D eigenvalue weighted by Crippen LogP contribution is 2.20. The Morgan fingerprint density at radius 1 is 1.50 bits per heavy atom. The Balaban J connectivity index is 3.24. The maximum Gasteiger partial charge on any atom is 0.137 e. The Morgan fingerprint density at radius 2 is 2.29 bits per heavy atom. The third kappa shape index (κ3) is 2.19. The van der Waals surface area contributed by atoms with Crippen molar-refractivity contribution in [2.75, 3.05) is 13.0 Å². The lowest BCUT2D eigenvalue weighted by molar-refractivity contribution is 0.413. The third-order valence-electron chi connectivity index (χ3n) is 1.65. The zero-order valence-electron chi connectivity index (χ0n) is 7.67. The fourth-order valence-corrected chi connectivity index (χ4v) is 1.12. The number of nitriles is 1. The molecule has 0 bridgehead atoms. The summed E-state index contributed by atoms with van der Waals surface area (Å²) in [6.45, 7) is 0. The van der Waals surface area contributed by atoms with Crippen LogP contribution in [0.15, 0.2) is 18.2 Å². The summed E-state index contributed by atoms with van der Waals surface area (Å²) in [7, 11) is 1.52. The number of nitrogens with zero attached hydrogens (tertiary/aromatic N) is 1. The highest BCUT2D eigenvalue weighted by atomic mass is 35.5. The summed E-state index contributed by atoms with van der Waals surface area (Å²) in [6, 6.07) is 7.33. The molecule has 0 fully saturated rings. The van der Waals surface area contributed by atoms with E-state index in [9.17, 15) is 0 Å². The van der Waals surface area contributed by atoms with Gasteiger partial charge in [0.15, 0.2) is 0 Å². The largest absolute Gasteiger partial charge is 0.495 e. The van der Waals surface area contributed by atoms with Crippen molar-refractivity contribution in [3.63, 3.8) is 0 Å². The molecular formula is C11H8ClNO. The van der Waals surface area contributed by atoms with Gasteiger partial charge in [-0.1, -0.05) is 17.9 Å². The summed E-state index contributed by atoms with van der Waals surface area (Å²) >= 11 is 5.43. The van der Waals surface area contributed by atoms with Crippen molar-refractivity contribution in [2.45, 2.75) is 0 Å². The second-order valence-electron chi connectivity index (χ2n) is 2.43. The maximum absolute atomic E-state index is 8.90. The van der Waals surface area contributed by atoms with E-state index in [0.717, 1.165) is 0 Å². The molecule has 2 nitrogen and oxygen atoms in total. The molecule has 14 heavy (non-hydrogen) atoms. The van der Waals surface area contributed by atoms with Crippen LogP contribution >= 0.6 is 11.6 Å². The Morgan fingerprint density at radius 3 is 2.86 bits per heavy atom. The first-order valence-corrected chi connectivity index (χ1v) is 4.49. The molecule has 0 saturated carbocycles. The summed E-state index contributed by atoms with van der Waals surface area (Å²) in [5.41, 5.74) is 1.10. The SMILES string of the molecule is COc1cccc(C#CCCl)c1C#N. The number of benzene rings is 1. The first kappa shape index (κ1) is 10.4. The van der Waals surface area contributed by atoms with E-state index in [-0.39, 0.29) is 5.88 Å². The Hall–Kier alpha value is -1.64. The molecule has 0 aliphatic heterocycles. The second-order valence-corrected chi connectivity index (χ2v) is 2.70. The van der Waals surface area contributed by atoms with E-state index in [2.05, 4.69) is 17.9 Å². The van der Waals surface area contributed by atoms with Gasteiger partial charge in [-0.05, 0) is 12.1 Å². The van der Waals surface area contributed by atoms with Crippen molar-refractivity contribution in [2.24, 2.45) is 0 Å². The van der Waals surface area contributed by atoms with Crippen LogP contribution in [0, 0.1) is 23.2 Å². The summed E-state index contributed by atoms with van der Waals surface area (Å²) in [6.07, 6.45) is 0. The normalized spacial score (nSPS) is 8.36. The molecule has 1 rings (SSSR count). The van der Waals surface area contributed by atoms with Gasteiger partial charge in [0.1, 0.15) is 17.4 Å². The summed E-state index contributed by atoms with van der Waals surface area (Å²) in [5.74, 6) is 6.29. The van der Waals surface area contributed by atoms with Gasteiger partial charge in [0.25, 0.3) is 0 Å². The van der Waals surface area contributed by atoms with E-state index in [1.54, 1.807) is 18.2 Å². The average Bonchev–Trinajstić information content (AvgIpc) is 2.25. The first-order chi connectivity index (χ1) is 6.83. The second kappa shape index (κ2) is 5.17. The number of halogens is 1. The van der Waals surface area contributed by atoms with Crippen LogP contribution in [0.1, 0.15) is 11.1 Å². The van der Waals surface area contributed by atoms with E-state index < -0.39 is 0 Å². The van der Waals surface area contributed by atoms with Gasteiger partial charge in [-0.2, -0.15) is 5.26 Å². The number of ether oxygens (including phenoxy) is 1. The zero-order valence-corrected chi connectivity index (χ0v) is 8.43. The molecule has 70 valence electrons. The van der Waals surface area contributed by atoms with Crippen LogP contribution in [0.2, 0.25) is 0 Å². The monoisotopic (exact) mass is 205 g/mol. The Labute approximate surface area is 88.1 Å². The Kier molecular flexibility index (Phi) is 3.85. The molecule has 0 aliphatic rings. The summed E-state index contributed by atoms with van der Waals surface area (Å²) < 4.78 is 5.03. The molecule has 0 spiro atoms. The first-order valence-electron chi connectivity index (χ1n) is 3.95. The molecule has 3 heteroatoms. The van der Waals surface area contributed by atoms with Crippen LogP contribution in [0.25, 0.3) is 0 Å². The molecule has 0 aromatic heterocycles. The third-order valence-corrected chi connectivity index (χ3v) is 1.78. The van der Waals surface area contributed by atoms with Gasteiger partial charge < -0.3 is 4.74 Å². The van der Waals surface area contributed by atoms with Crippen LogP contribution in [0.3, 0.4) is 0 Å². The molecule has 0 saturated heterocycles. The summed E-state index contributed by atoms with van der Waals surface area (Å²) in [4.78, 5) is 0. The molecule has 0 heterocycles. The van der Waals surface area contributed by atoms with Gasteiger partial charge in [0.05, 0.1) is 13.0 Å². The predicted molar refractivity (Wildman–Crippen MR) is 55.3 cm³/mol. The lowest BCUT2D eigenvalue weighted by Gasteiger charge is -2.02. The van der Waals surface area contributed by atoms with Crippen molar-refractivity contribution in [3.05, 3.63) is 29.3 Å². The minimum absolute atomic E-state index is 0.252. The van der Waals surface area contributed by atoms with Crippen LogP contribution in [0.4, 0.5) is 0 Å². The van der Waals surface area contributed by atoms with Crippen molar-refractivity contribution >= 4 is 11.6 Å². The molecule has 0 amide bonds. The highest BCUT2D eigenvalue weighted by Gasteiger charge is 2.05. The van der Waals surface area contributed by atoms with Crippen LogP contribution in [0.5, 0.6) is 5.75 Å². The minimum atomic E-state index is 0.252. The van der Waals surface area contributed by atoms with E-state index in [4.69, 9.17) is 21.6 Å². The maximum atomic E-state index is 8.90. The molecule has 0 aliphatic carbocycles. The molecule has 0 N–H and O–H groups in total. The van der Waals surface area contributed by atoms with Gasteiger partial charge in [-0.25, -0.2) is 0 Å². The van der Waals surface area contributed by atoms with Gasteiger partial charge in [0, 0.05) is 5.56 Å². The van der Waals surface area contributed by atoms with Crippen molar-refractivity contribution < 1.29 is 4.74 Å². The molecular weight excluding hydrogens is 198 g/mol. The number of hydrogen-bond donors (Lipinski definition) is 0. The van der Waals surface area contributed by atoms with Crippen molar-refractivity contribution in [1.82, 2.24) is 0 Å². The van der Waals surface area contributed by atoms with Gasteiger partial charge in [-0.15, -0.1) is 11.6 Å². The lowest BCUT2D eigenvalue weighted by atomic mass is 10.1. The molecule has 1 aromatic carbocycles. The fraction of sp³-hybridized carbons (Fsp3) is 0.182. The quantitative estimate of drug-likeness (QED) is 0.520. The van der Waals surface area contributed by atoms with Crippen LogP contribution in [-0.2, 0) is 0 Å². The van der Waals surface area contributed by atoms with E-state index in [0.29, 0.717) is 16.9 Å². The average molecular weight is 206 g/mol. The summed E-state index contributed by atoms with van der Waals surface area (Å²) in [5, 5.41) is 8.90. The fourth-order valence-electron chi connectivity index (χ4n) is 1.05. The number of methoxy groups -OCH3 is 1. The molecule has 0 unspecified atom stereocenters. The smallest absolute Gasteiger partial charge is 0.137 e.